The van der Waals surface area contributed by atoms with Gasteiger partial charge in [0.1, 0.15) is 6.10 Å². The van der Waals surface area contributed by atoms with Gasteiger partial charge in [-0.05, 0) is 150 Å². The summed E-state index contributed by atoms with van der Waals surface area (Å²) in [7, 11) is 4.13. The van der Waals surface area contributed by atoms with Crippen LogP contribution in [-0.4, -0.2) is 62.5 Å². The highest BCUT2D eigenvalue weighted by atomic mass is 16.5. The fraction of sp³-hybridized carbons (Fsp3) is 0.914. The zero-order chi connectivity index (χ0) is 47.1. The smallest absolute Gasteiger partial charge is 0.306 e. The van der Waals surface area contributed by atoms with Gasteiger partial charge in [-0.15, -0.1) is 0 Å². The number of allylic oxidation sites excluding steroid dienone is 1. The Morgan fingerprint density at radius 2 is 1.34 bits per heavy atom. The zero-order valence-corrected chi connectivity index (χ0v) is 44.0. The highest BCUT2D eigenvalue weighted by Gasteiger charge is 2.59. The van der Waals surface area contributed by atoms with Crippen molar-refractivity contribution in [3.8, 4) is 0 Å². The molecule has 0 aromatic rings. The zero-order valence-electron chi connectivity index (χ0n) is 44.0. The lowest BCUT2D eigenvalue weighted by Gasteiger charge is -2.58. The van der Waals surface area contributed by atoms with Crippen molar-refractivity contribution in [2.45, 2.75) is 253 Å². The number of ether oxygens (including phenoxy) is 1. The Bertz CT molecular complexity index is 1390. The first-order valence-electron chi connectivity index (χ1n) is 28.4. The van der Waals surface area contributed by atoms with Crippen LogP contribution in [0.3, 0.4) is 0 Å². The Balaban J connectivity index is 1.06. The molecule has 2 amide bonds. The Labute approximate surface area is 401 Å². The summed E-state index contributed by atoms with van der Waals surface area (Å²) in [6.07, 6.45) is 39.7. The highest BCUT2D eigenvalue weighted by molar-refractivity contribution is 5.78. The molecule has 9 atom stereocenters. The third-order valence-electron chi connectivity index (χ3n) is 17.8. The molecule has 0 bridgehead atoms. The average molecular weight is 908 g/mol. The normalized spacial score (nSPS) is 27.1. The molecule has 0 heterocycles. The van der Waals surface area contributed by atoms with E-state index in [0.29, 0.717) is 31.3 Å². The third-order valence-corrected chi connectivity index (χ3v) is 17.8. The second-order valence-corrected chi connectivity index (χ2v) is 23.5. The number of nitrogens with zero attached hydrogens (tertiary/aromatic N) is 1. The molecule has 7 heteroatoms. The lowest BCUT2D eigenvalue weighted by Crippen LogP contribution is -2.51. The number of hydrogen-bond donors (Lipinski definition) is 2. The lowest BCUT2D eigenvalue weighted by atomic mass is 9.47. The summed E-state index contributed by atoms with van der Waals surface area (Å²) in [6.45, 7) is 17.1. The molecule has 3 fully saturated rings. The number of nitrogens with one attached hydrogen (secondary N) is 2. The summed E-state index contributed by atoms with van der Waals surface area (Å²) in [5, 5.41) is 6.27. The highest BCUT2D eigenvalue weighted by Crippen LogP contribution is 2.67. The van der Waals surface area contributed by atoms with Crippen LogP contribution in [0.15, 0.2) is 11.6 Å². The van der Waals surface area contributed by atoms with Gasteiger partial charge in [-0.1, -0.05) is 156 Å². The van der Waals surface area contributed by atoms with E-state index in [1.807, 2.05) is 0 Å². The molecule has 0 radical (unpaired) electrons. The largest absolute Gasteiger partial charge is 0.462 e. The van der Waals surface area contributed by atoms with Gasteiger partial charge in [0.15, 0.2) is 0 Å². The molecule has 7 nitrogen and oxygen atoms in total. The van der Waals surface area contributed by atoms with Crippen LogP contribution >= 0.6 is 0 Å². The van der Waals surface area contributed by atoms with E-state index in [9.17, 15) is 14.4 Å². The first-order valence-corrected chi connectivity index (χ1v) is 28.4. The van der Waals surface area contributed by atoms with Gasteiger partial charge >= 0.3 is 5.97 Å². The number of carbonyl (C=O) groups excluding carboxylic acids is 3. The van der Waals surface area contributed by atoms with Crippen LogP contribution < -0.4 is 10.6 Å². The minimum atomic E-state index is -0.0386. The Kier molecular flexibility index (Phi) is 25.6. The summed E-state index contributed by atoms with van der Waals surface area (Å²) in [5.41, 5.74) is 2.38. The van der Waals surface area contributed by atoms with E-state index in [2.05, 4.69) is 77.2 Å². The summed E-state index contributed by atoms with van der Waals surface area (Å²) < 4.78 is 6.19. The van der Waals surface area contributed by atoms with Crippen molar-refractivity contribution in [2.75, 3.05) is 33.7 Å². The second-order valence-electron chi connectivity index (χ2n) is 23.5. The minimum Gasteiger partial charge on any atom is -0.462 e. The first kappa shape index (κ1) is 55.7. The lowest BCUT2D eigenvalue weighted by molar-refractivity contribution is -0.151. The van der Waals surface area contributed by atoms with Crippen molar-refractivity contribution in [1.82, 2.24) is 15.5 Å². The Morgan fingerprint density at radius 1 is 0.692 bits per heavy atom. The molecule has 0 aromatic heterocycles. The molecule has 2 N–H and O–H groups in total. The van der Waals surface area contributed by atoms with E-state index in [1.165, 1.54) is 116 Å². The van der Waals surface area contributed by atoms with Crippen molar-refractivity contribution in [1.29, 1.82) is 0 Å². The van der Waals surface area contributed by atoms with Gasteiger partial charge in [0.05, 0.1) is 0 Å². The van der Waals surface area contributed by atoms with Gasteiger partial charge in [-0.3, -0.25) is 14.4 Å². The third kappa shape index (κ3) is 18.5. The van der Waals surface area contributed by atoms with Gasteiger partial charge in [0, 0.05) is 38.3 Å². The number of unbranched alkanes of at least 4 members (excludes halogenated alkanes) is 14. The molecule has 0 saturated heterocycles. The number of esters is 1. The van der Waals surface area contributed by atoms with Gasteiger partial charge in [0.25, 0.3) is 0 Å². The standard InChI is InChI=1S/C58H105N3O4/c1-9-10-11-12-13-14-15-16-17-18-19-22-30-54(62)59-41-24-25-42-60-56(64)47(38-43-61(7)8)29-21-20-23-31-55(63)65-49-36-39-57(5)48(44-49)32-33-50-52-35-34-51(46(4)28-26-27-45(2)3)58(52,6)40-37-53(50)57/h32,45-47,49-53H,9-31,33-44H2,1-8H3,(H,59,62)(H,60,64). The first-order chi connectivity index (χ1) is 31.3. The molecule has 0 spiro atoms. The number of hydrogen-bond acceptors (Lipinski definition) is 5. The molecule has 9 unspecified atom stereocenters. The average Bonchev–Trinajstić information content (AvgIpc) is 3.63. The number of fused-ring (bicyclic) bond motifs is 5. The van der Waals surface area contributed by atoms with E-state index in [0.717, 1.165) is 119 Å². The summed E-state index contributed by atoms with van der Waals surface area (Å²) in [6, 6.07) is 0. The van der Waals surface area contributed by atoms with Gasteiger partial charge in [-0.25, -0.2) is 0 Å². The summed E-state index contributed by atoms with van der Waals surface area (Å²) >= 11 is 0. The number of amides is 2. The van der Waals surface area contributed by atoms with Gasteiger partial charge in [-0.2, -0.15) is 0 Å². The molecular formula is C58H105N3O4. The van der Waals surface area contributed by atoms with Crippen molar-refractivity contribution >= 4 is 17.8 Å². The van der Waals surface area contributed by atoms with Crippen LogP contribution in [0.5, 0.6) is 0 Å². The van der Waals surface area contributed by atoms with Gasteiger partial charge in [0.2, 0.25) is 11.8 Å². The van der Waals surface area contributed by atoms with E-state index >= 15 is 0 Å². The quantitative estimate of drug-likeness (QED) is 0.0381. The van der Waals surface area contributed by atoms with Crippen LogP contribution in [0, 0.1) is 52.3 Å². The molecule has 0 aliphatic heterocycles. The molecule has 376 valence electrons. The van der Waals surface area contributed by atoms with Crippen LogP contribution in [-0.2, 0) is 19.1 Å². The minimum absolute atomic E-state index is 0.0179. The number of carbonyl (C=O) groups is 3. The molecule has 4 aliphatic carbocycles. The van der Waals surface area contributed by atoms with Crippen LogP contribution in [0.25, 0.3) is 0 Å². The molecule has 3 saturated carbocycles. The topological polar surface area (TPSA) is 87.7 Å². The van der Waals surface area contributed by atoms with Crippen LogP contribution in [0.1, 0.15) is 247 Å². The fourth-order valence-corrected chi connectivity index (χ4v) is 13.7. The summed E-state index contributed by atoms with van der Waals surface area (Å²) in [5.74, 6) is 5.29. The van der Waals surface area contributed by atoms with Crippen molar-refractivity contribution < 1.29 is 19.1 Å². The predicted octanol–water partition coefficient (Wildman–Crippen LogP) is 14.6. The van der Waals surface area contributed by atoms with E-state index in [4.69, 9.17) is 4.74 Å². The Morgan fingerprint density at radius 3 is 2.02 bits per heavy atom. The molecule has 4 rings (SSSR count). The van der Waals surface area contributed by atoms with E-state index < -0.39 is 0 Å². The number of rotatable bonds is 34. The van der Waals surface area contributed by atoms with Crippen molar-refractivity contribution in [2.24, 2.45) is 52.3 Å². The van der Waals surface area contributed by atoms with Crippen molar-refractivity contribution in [3.05, 3.63) is 11.6 Å². The Hall–Kier alpha value is -1.89. The van der Waals surface area contributed by atoms with Crippen molar-refractivity contribution in [3.63, 3.8) is 0 Å². The maximum absolute atomic E-state index is 13.3. The maximum atomic E-state index is 13.3. The molecule has 0 aromatic carbocycles. The molecular weight excluding hydrogens is 803 g/mol. The SMILES string of the molecule is CCCCCCCCCCCCCCC(=O)NCCCCNC(=O)C(CCCCCC(=O)OC1CCC2(C)C(=CCC3C2CCC2(C)C(C(C)CCCC(C)C)CCC32)C1)CCN(C)C. The van der Waals surface area contributed by atoms with Crippen LogP contribution in [0.4, 0.5) is 0 Å². The van der Waals surface area contributed by atoms with E-state index in [-0.39, 0.29) is 35.2 Å². The monoisotopic (exact) mass is 908 g/mol. The summed E-state index contributed by atoms with van der Waals surface area (Å²) in [4.78, 5) is 40.9. The maximum Gasteiger partial charge on any atom is 0.306 e. The van der Waals surface area contributed by atoms with Gasteiger partial charge < -0.3 is 20.3 Å². The second kappa shape index (κ2) is 29.9. The van der Waals surface area contributed by atoms with Crippen LogP contribution in [0.2, 0.25) is 0 Å². The predicted molar refractivity (Wildman–Crippen MR) is 274 cm³/mol. The molecule has 4 aliphatic rings. The molecule has 65 heavy (non-hydrogen) atoms. The fourth-order valence-electron chi connectivity index (χ4n) is 13.7. The van der Waals surface area contributed by atoms with E-state index in [1.54, 1.807) is 5.57 Å².